The predicted octanol–water partition coefficient (Wildman–Crippen LogP) is 3.18. The first kappa shape index (κ1) is 11.6. The third-order valence-electron chi connectivity index (χ3n) is 3.86. The molecular formula is C14H21NO. The van der Waals surface area contributed by atoms with Crippen molar-refractivity contribution in [1.82, 2.24) is 4.98 Å². The summed E-state index contributed by atoms with van der Waals surface area (Å²) >= 11 is 0. The van der Waals surface area contributed by atoms with Gasteiger partial charge in [0.25, 0.3) is 0 Å². The van der Waals surface area contributed by atoms with Gasteiger partial charge in [-0.25, -0.2) is 0 Å². The first-order valence-electron chi connectivity index (χ1n) is 6.25. The van der Waals surface area contributed by atoms with Gasteiger partial charge in [0.15, 0.2) is 0 Å². The van der Waals surface area contributed by atoms with Crippen molar-refractivity contribution in [3.8, 4) is 0 Å². The van der Waals surface area contributed by atoms with Gasteiger partial charge in [-0.3, -0.25) is 4.98 Å². The lowest BCUT2D eigenvalue weighted by molar-refractivity contribution is -0.0218. The molecular weight excluding hydrogens is 198 g/mol. The quantitative estimate of drug-likeness (QED) is 0.828. The molecule has 0 saturated heterocycles. The summed E-state index contributed by atoms with van der Waals surface area (Å²) in [5.74, 6) is 0.393. The Morgan fingerprint density at radius 1 is 1.25 bits per heavy atom. The Morgan fingerprint density at radius 3 is 2.56 bits per heavy atom. The van der Waals surface area contributed by atoms with Gasteiger partial charge in [0.2, 0.25) is 0 Å². The lowest BCUT2D eigenvalue weighted by Gasteiger charge is -2.35. The van der Waals surface area contributed by atoms with Crippen molar-refractivity contribution in [2.45, 2.75) is 51.6 Å². The van der Waals surface area contributed by atoms with Gasteiger partial charge in [-0.2, -0.15) is 0 Å². The highest BCUT2D eigenvalue weighted by Crippen LogP contribution is 2.38. The summed E-state index contributed by atoms with van der Waals surface area (Å²) in [6, 6.07) is 2.06. The number of pyridine rings is 1. The molecule has 1 fully saturated rings. The van der Waals surface area contributed by atoms with E-state index in [-0.39, 0.29) is 0 Å². The van der Waals surface area contributed by atoms with E-state index in [0.717, 1.165) is 24.0 Å². The van der Waals surface area contributed by atoms with E-state index < -0.39 is 5.60 Å². The minimum Gasteiger partial charge on any atom is -0.385 e. The second kappa shape index (κ2) is 4.54. The van der Waals surface area contributed by atoms with Crippen LogP contribution in [0.15, 0.2) is 18.5 Å². The third kappa shape index (κ3) is 2.27. The monoisotopic (exact) mass is 219 g/mol. The van der Waals surface area contributed by atoms with Crippen LogP contribution in [0.25, 0.3) is 0 Å². The van der Waals surface area contributed by atoms with Crippen LogP contribution in [-0.4, -0.2) is 10.1 Å². The van der Waals surface area contributed by atoms with Crippen molar-refractivity contribution in [3.05, 3.63) is 29.6 Å². The number of hydrogen-bond acceptors (Lipinski definition) is 2. The van der Waals surface area contributed by atoms with Gasteiger partial charge in [-0.05, 0) is 38.2 Å². The zero-order valence-corrected chi connectivity index (χ0v) is 10.2. The maximum absolute atomic E-state index is 10.7. The number of hydrogen-bond donors (Lipinski definition) is 1. The molecule has 0 spiro atoms. The molecule has 0 radical (unpaired) electrons. The fourth-order valence-electron chi connectivity index (χ4n) is 2.73. The Kier molecular flexibility index (Phi) is 3.29. The van der Waals surface area contributed by atoms with Gasteiger partial charge in [-0.15, -0.1) is 0 Å². The summed E-state index contributed by atoms with van der Waals surface area (Å²) in [5.41, 5.74) is 1.38. The Labute approximate surface area is 97.7 Å². The Balaban J connectivity index is 2.22. The van der Waals surface area contributed by atoms with E-state index in [1.54, 1.807) is 0 Å². The molecule has 0 bridgehead atoms. The summed E-state index contributed by atoms with van der Waals surface area (Å²) in [6.45, 7) is 3.97. The van der Waals surface area contributed by atoms with E-state index in [4.69, 9.17) is 0 Å². The molecule has 1 N–H and O–H groups in total. The van der Waals surface area contributed by atoms with E-state index in [1.165, 1.54) is 19.3 Å². The van der Waals surface area contributed by atoms with Crippen LogP contribution in [0.1, 0.15) is 50.2 Å². The molecule has 1 unspecified atom stereocenters. The van der Waals surface area contributed by atoms with Gasteiger partial charge < -0.3 is 5.11 Å². The third-order valence-corrected chi connectivity index (χ3v) is 3.86. The molecule has 1 aromatic rings. The minimum atomic E-state index is -0.709. The van der Waals surface area contributed by atoms with Crippen LogP contribution in [0.5, 0.6) is 0 Å². The van der Waals surface area contributed by atoms with Crippen molar-refractivity contribution in [3.63, 3.8) is 0 Å². The van der Waals surface area contributed by atoms with Crippen LogP contribution < -0.4 is 0 Å². The van der Waals surface area contributed by atoms with Crippen molar-refractivity contribution in [2.75, 3.05) is 0 Å². The summed E-state index contributed by atoms with van der Waals surface area (Å²) in [4.78, 5) is 4.19. The van der Waals surface area contributed by atoms with Crippen molar-refractivity contribution >= 4 is 0 Å². The first-order chi connectivity index (χ1) is 7.60. The Hall–Kier alpha value is -0.890. The second-order valence-corrected chi connectivity index (χ2v) is 5.23. The number of aliphatic hydroxyl groups is 1. The number of nitrogens with zero attached hydrogens (tertiary/aromatic N) is 1. The lowest BCUT2D eigenvalue weighted by Crippen LogP contribution is -2.33. The number of aryl methyl sites for hydroxylation is 1. The smallest absolute Gasteiger partial charge is 0.0911 e. The molecule has 1 atom stereocenters. The van der Waals surface area contributed by atoms with Gasteiger partial charge in [0.05, 0.1) is 5.60 Å². The first-order valence-corrected chi connectivity index (χ1v) is 6.25. The number of rotatable bonds is 2. The normalized spacial score (nSPS) is 21.7. The highest BCUT2D eigenvalue weighted by Gasteiger charge is 2.34. The van der Waals surface area contributed by atoms with Crippen LogP contribution in [-0.2, 0) is 5.60 Å². The van der Waals surface area contributed by atoms with Crippen molar-refractivity contribution in [1.29, 1.82) is 0 Å². The van der Waals surface area contributed by atoms with Crippen LogP contribution >= 0.6 is 0 Å². The maximum atomic E-state index is 10.7. The fraction of sp³-hybridized carbons (Fsp3) is 0.643. The summed E-state index contributed by atoms with van der Waals surface area (Å²) in [7, 11) is 0. The fourth-order valence-corrected chi connectivity index (χ4v) is 2.73. The summed E-state index contributed by atoms with van der Waals surface area (Å²) in [5, 5.41) is 10.7. The van der Waals surface area contributed by atoms with E-state index in [2.05, 4.69) is 11.1 Å². The second-order valence-electron chi connectivity index (χ2n) is 5.23. The lowest BCUT2D eigenvalue weighted by atomic mass is 9.75. The van der Waals surface area contributed by atoms with E-state index in [0.29, 0.717) is 5.92 Å². The molecule has 1 aliphatic carbocycles. The maximum Gasteiger partial charge on any atom is 0.0911 e. The molecule has 2 nitrogen and oxygen atoms in total. The average molecular weight is 219 g/mol. The van der Waals surface area contributed by atoms with Crippen molar-refractivity contribution < 1.29 is 5.11 Å². The standard InChI is InChI=1S/C14H21NO/c1-11-8-13(10-15-9-11)14(2,16)12-6-4-3-5-7-12/h8-10,12,16H,3-7H2,1-2H3. The van der Waals surface area contributed by atoms with Crippen LogP contribution in [0.2, 0.25) is 0 Å². The Morgan fingerprint density at radius 2 is 1.94 bits per heavy atom. The molecule has 2 rings (SSSR count). The SMILES string of the molecule is Cc1cncc(C(C)(O)C2CCCCC2)c1. The molecule has 1 aromatic heterocycles. The molecule has 1 aliphatic rings. The van der Waals surface area contributed by atoms with E-state index in [9.17, 15) is 5.11 Å². The topological polar surface area (TPSA) is 33.1 Å². The van der Waals surface area contributed by atoms with Gasteiger partial charge in [0.1, 0.15) is 0 Å². The van der Waals surface area contributed by atoms with Crippen LogP contribution in [0.3, 0.4) is 0 Å². The zero-order chi connectivity index (χ0) is 11.6. The minimum absolute atomic E-state index is 0.393. The number of aromatic nitrogens is 1. The highest BCUT2D eigenvalue weighted by molar-refractivity contribution is 5.23. The molecule has 88 valence electrons. The molecule has 1 heterocycles. The van der Waals surface area contributed by atoms with E-state index in [1.807, 2.05) is 26.2 Å². The molecule has 16 heavy (non-hydrogen) atoms. The zero-order valence-electron chi connectivity index (χ0n) is 10.2. The molecule has 0 aromatic carbocycles. The van der Waals surface area contributed by atoms with Gasteiger partial charge >= 0.3 is 0 Å². The van der Waals surface area contributed by atoms with Crippen molar-refractivity contribution in [2.24, 2.45) is 5.92 Å². The van der Waals surface area contributed by atoms with E-state index >= 15 is 0 Å². The molecule has 0 amide bonds. The molecule has 2 heteroatoms. The average Bonchev–Trinajstić information content (AvgIpc) is 2.30. The van der Waals surface area contributed by atoms with Crippen LogP contribution in [0.4, 0.5) is 0 Å². The highest BCUT2D eigenvalue weighted by atomic mass is 16.3. The van der Waals surface area contributed by atoms with Gasteiger partial charge in [-0.1, -0.05) is 25.3 Å². The summed E-state index contributed by atoms with van der Waals surface area (Å²) < 4.78 is 0. The Bertz CT molecular complexity index is 354. The largest absolute Gasteiger partial charge is 0.385 e. The summed E-state index contributed by atoms with van der Waals surface area (Å²) in [6.07, 6.45) is 9.74. The predicted molar refractivity (Wildman–Crippen MR) is 65.1 cm³/mol. The molecule has 0 aliphatic heterocycles. The van der Waals surface area contributed by atoms with Crippen LogP contribution in [0, 0.1) is 12.8 Å². The van der Waals surface area contributed by atoms with Gasteiger partial charge in [0, 0.05) is 18.0 Å². The molecule has 1 saturated carbocycles.